The largest absolute Gasteiger partial charge is 0.504 e. The number of amides is 2. The Kier molecular flexibility index (Phi) is 9.02. The molecule has 3 fully saturated rings. The fraction of sp³-hybridized carbons (Fsp3) is 0.613. The second kappa shape index (κ2) is 12.2. The third kappa shape index (κ3) is 5.62. The summed E-state index contributed by atoms with van der Waals surface area (Å²) in [5, 5.41) is 21.0. The van der Waals surface area contributed by atoms with Gasteiger partial charge in [0.25, 0.3) is 0 Å². The van der Waals surface area contributed by atoms with E-state index in [9.17, 15) is 19.7 Å². The lowest BCUT2D eigenvalue weighted by Gasteiger charge is -2.44. The van der Waals surface area contributed by atoms with Crippen molar-refractivity contribution >= 4 is 47.6 Å². The first kappa shape index (κ1) is 29.6. The third-order valence-electron chi connectivity index (χ3n) is 9.40. The predicted octanol–water partition coefficient (Wildman–Crippen LogP) is 5.97. The lowest BCUT2D eigenvalue weighted by Crippen LogP contribution is -2.47. The van der Waals surface area contributed by atoms with Crippen LogP contribution in [0.5, 0.6) is 11.5 Å². The molecule has 9 heteroatoms. The van der Waals surface area contributed by atoms with Gasteiger partial charge < -0.3 is 19.5 Å². The maximum Gasteiger partial charge on any atom is 0.455 e. The summed E-state index contributed by atoms with van der Waals surface area (Å²) in [5.41, 5.74) is 4.47. The highest BCUT2D eigenvalue weighted by molar-refractivity contribution is 14.1. The molecule has 40 heavy (non-hydrogen) atoms. The van der Waals surface area contributed by atoms with E-state index in [2.05, 4.69) is 49.4 Å². The fourth-order valence-corrected chi connectivity index (χ4v) is 8.15. The number of halogens is 1. The van der Waals surface area contributed by atoms with Crippen molar-refractivity contribution in [3.8, 4) is 11.5 Å². The molecule has 4 atom stereocenters. The zero-order valence-electron chi connectivity index (χ0n) is 24.0. The van der Waals surface area contributed by atoms with Gasteiger partial charge in [-0.2, -0.15) is 0 Å². The summed E-state index contributed by atoms with van der Waals surface area (Å²) in [4.78, 5) is 29.2. The molecule has 0 bridgehead atoms. The molecule has 2 aliphatic heterocycles. The molecule has 1 aromatic carbocycles. The van der Waals surface area contributed by atoms with Crippen LogP contribution < -0.4 is 4.74 Å². The topological polar surface area (TPSA) is 96.3 Å². The van der Waals surface area contributed by atoms with Gasteiger partial charge in [-0.3, -0.25) is 14.5 Å². The molecule has 0 spiro atoms. The van der Waals surface area contributed by atoms with Crippen LogP contribution in [-0.2, 0) is 14.2 Å². The van der Waals surface area contributed by atoms with E-state index in [1.54, 1.807) is 12.0 Å². The molecule has 2 heterocycles. The summed E-state index contributed by atoms with van der Waals surface area (Å²) in [6.45, 7) is 6.39. The van der Waals surface area contributed by atoms with E-state index >= 15 is 0 Å². The summed E-state index contributed by atoms with van der Waals surface area (Å²) in [6, 6.07) is 3.76. The van der Waals surface area contributed by atoms with Crippen LogP contribution in [0.25, 0.3) is 6.08 Å². The van der Waals surface area contributed by atoms with Gasteiger partial charge in [-0.05, 0) is 103 Å². The van der Waals surface area contributed by atoms with Crippen LogP contribution in [0.4, 0.5) is 0 Å². The maximum absolute atomic E-state index is 13.9. The van der Waals surface area contributed by atoms with E-state index in [4.69, 9.17) is 9.39 Å². The molecule has 2 amide bonds. The number of methoxy groups -OCH3 is 1. The average molecular weight is 661 g/mol. The van der Waals surface area contributed by atoms with Crippen LogP contribution in [0.1, 0.15) is 77.7 Å². The monoisotopic (exact) mass is 661 g/mol. The van der Waals surface area contributed by atoms with Crippen molar-refractivity contribution in [2.45, 2.75) is 90.6 Å². The minimum atomic E-state index is -0.954. The molecule has 2 aliphatic carbocycles. The first-order valence-electron chi connectivity index (χ1n) is 14.8. The molecule has 2 saturated heterocycles. The van der Waals surface area contributed by atoms with E-state index in [0.29, 0.717) is 24.9 Å². The Morgan fingerprint density at radius 2 is 1.93 bits per heavy atom. The number of hydrogen-bond acceptors (Lipinski definition) is 6. The first-order chi connectivity index (χ1) is 19.1. The van der Waals surface area contributed by atoms with Gasteiger partial charge in [-0.1, -0.05) is 50.3 Å². The summed E-state index contributed by atoms with van der Waals surface area (Å²) in [6.07, 6.45) is 9.30. The van der Waals surface area contributed by atoms with Crippen molar-refractivity contribution in [3.63, 3.8) is 0 Å². The molecule has 0 aromatic heterocycles. The summed E-state index contributed by atoms with van der Waals surface area (Å²) >= 11 is 2.10. The molecule has 7 nitrogen and oxygen atoms in total. The summed E-state index contributed by atoms with van der Waals surface area (Å²) < 4.78 is 12.2. The first-order valence-corrected chi connectivity index (χ1v) is 15.9. The normalized spacial score (nSPS) is 27.9. The van der Waals surface area contributed by atoms with Crippen LogP contribution in [-0.4, -0.2) is 53.2 Å². The van der Waals surface area contributed by atoms with Gasteiger partial charge in [-0.25, -0.2) is 0 Å². The molecule has 2 N–H and O–H groups in total. The predicted molar refractivity (Wildman–Crippen MR) is 164 cm³/mol. The van der Waals surface area contributed by atoms with Crippen molar-refractivity contribution in [2.24, 2.45) is 23.7 Å². The molecular formula is C31H41BINO6. The molecular weight excluding hydrogens is 620 g/mol. The molecule has 4 aliphatic rings. The number of fused-ring (bicyclic) bond motifs is 3. The van der Waals surface area contributed by atoms with Gasteiger partial charge in [0.2, 0.25) is 11.8 Å². The summed E-state index contributed by atoms with van der Waals surface area (Å²) in [5.74, 6) is -0.0808. The lowest BCUT2D eigenvalue weighted by atomic mass is 9.57. The van der Waals surface area contributed by atoms with Crippen molar-refractivity contribution in [1.82, 2.24) is 4.90 Å². The number of carbonyl (C=O) groups excluding carboxylic acids is 2. The fourth-order valence-electron chi connectivity index (χ4n) is 7.52. The van der Waals surface area contributed by atoms with E-state index < -0.39 is 13.0 Å². The molecule has 1 aromatic rings. The Balaban J connectivity index is 1.40. The third-order valence-corrected chi connectivity index (χ3v) is 10.2. The number of ether oxygens (including phenoxy) is 1. The van der Waals surface area contributed by atoms with Crippen LogP contribution in [0.3, 0.4) is 0 Å². The number of allylic oxidation sites excluding steroid dienone is 2. The Bertz CT molecular complexity index is 1220. The van der Waals surface area contributed by atoms with E-state index in [0.717, 1.165) is 52.4 Å². The SMILES string of the molecule is COc1cc(/C=C(\C)CC[C@H]2OB(O)C[C@H]3C2=C(C(C)C)C[C@H]2C(=O)N(C4CCCCC4)C(=O)[C@H]23)cc(I)c1O. The highest BCUT2D eigenvalue weighted by Gasteiger charge is 2.58. The minimum absolute atomic E-state index is 0.00867. The number of phenols is 1. The Hall–Kier alpha value is -1.85. The smallest absolute Gasteiger partial charge is 0.455 e. The van der Waals surface area contributed by atoms with Gasteiger partial charge in [-0.15, -0.1) is 0 Å². The second-order valence-electron chi connectivity index (χ2n) is 12.3. The van der Waals surface area contributed by atoms with Crippen LogP contribution in [0, 0.1) is 27.2 Å². The maximum atomic E-state index is 13.9. The number of phenolic OH excluding ortho intramolecular Hbond substituents is 1. The number of rotatable bonds is 7. The van der Waals surface area contributed by atoms with Crippen molar-refractivity contribution in [3.05, 3.63) is 38.0 Å². The molecule has 5 rings (SSSR count). The number of imide groups is 1. The summed E-state index contributed by atoms with van der Waals surface area (Å²) in [7, 11) is 0.587. The quantitative estimate of drug-likeness (QED) is 0.162. The standard InChI is InChI=1S/C31H41BINO6/c1-17(2)21-15-22-28(31(37)34(30(22)36)20-8-6-5-7-9-20)23-16-32(38)40-25(27(21)23)11-10-18(3)12-19-13-24(33)29(35)26(14-19)39-4/h12-14,17,20,22-23,25,28,35,38H,5-11,15-16H2,1-4H3/b18-12+/t22-,23+,25-,28-/m1/s1. The number of likely N-dealkylation sites (tertiary alicyclic amines) is 1. The van der Waals surface area contributed by atoms with E-state index in [1.165, 1.54) is 12.0 Å². The molecule has 216 valence electrons. The minimum Gasteiger partial charge on any atom is -0.504 e. The van der Waals surface area contributed by atoms with Crippen LogP contribution in [0.2, 0.25) is 6.32 Å². The second-order valence-corrected chi connectivity index (χ2v) is 13.5. The zero-order chi connectivity index (χ0) is 28.7. The van der Waals surface area contributed by atoms with E-state index in [1.807, 2.05) is 12.1 Å². The van der Waals surface area contributed by atoms with Crippen molar-refractivity contribution in [2.75, 3.05) is 7.11 Å². The van der Waals surface area contributed by atoms with Crippen molar-refractivity contribution in [1.29, 1.82) is 0 Å². The number of aromatic hydroxyl groups is 1. The van der Waals surface area contributed by atoms with Crippen LogP contribution in [0.15, 0.2) is 28.9 Å². The highest BCUT2D eigenvalue weighted by atomic mass is 127. The van der Waals surface area contributed by atoms with Gasteiger partial charge in [0.05, 0.1) is 28.6 Å². The molecule has 0 unspecified atom stereocenters. The van der Waals surface area contributed by atoms with Gasteiger partial charge in [0.15, 0.2) is 11.5 Å². The number of nitrogens with zero attached hydrogens (tertiary/aromatic N) is 1. The lowest BCUT2D eigenvalue weighted by molar-refractivity contribution is -0.143. The number of benzene rings is 1. The van der Waals surface area contributed by atoms with Crippen LogP contribution >= 0.6 is 22.6 Å². The van der Waals surface area contributed by atoms with Gasteiger partial charge >= 0.3 is 7.12 Å². The van der Waals surface area contributed by atoms with E-state index in [-0.39, 0.29) is 47.5 Å². The van der Waals surface area contributed by atoms with Gasteiger partial charge in [0, 0.05) is 6.04 Å². The Labute approximate surface area is 251 Å². The molecule has 0 radical (unpaired) electrons. The number of carbonyl (C=O) groups is 2. The highest BCUT2D eigenvalue weighted by Crippen LogP contribution is 2.52. The van der Waals surface area contributed by atoms with Crippen molar-refractivity contribution < 1.29 is 29.1 Å². The van der Waals surface area contributed by atoms with Gasteiger partial charge in [0.1, 0.15) is 0 Å². The Morgan fingerprint density at radius 3 is 2.60 bits per heavy atom. The average Bonchev–Trinajstić information content (AvgIpc) is 3.18. The zero-order valence-corrected chi connectivity index (χ0v) is 26.1. The molecule has 1 saturated carbocycles. The number of hydrogen-bond donors (Lipinski definition) is 2. The Morgan fingerprint density at radius 1 is 1.20 bits per heavy atom.